The molecule has 2 aliphatic rings. The Morgan fingerprint density at radius 3 is 2.30 bits per heavy atom. The van der Waals surface area contributed by atoms with Crippen molar-refractivity contribution in [1.29, 1.82) is 0 Å². The molecule has 4 heteroatoms. The zero-order chi connectivity index (χ0) is 16.7. The van der Waals surface area contributed by atoms with Gasteiger partial charge in [0, 0.05) is 32.7 Å². The molecule has 0 unspecified atom stereocenters. The molecule has 4 nitrogen and oxygen atoms in total. The summed E-state index contributed by atoms with van der Waals surface area (Å²) in [5.74, 6) is 1.19. The van der Waals surface area contributed by atoms with Crippen LogP contribution in [-0.2, 0) is 4.79 Å². The van der Waals surface area contributed by atoms with Crippen molar-refractivity contribution < 1.29 is 4.79 Å². The fourth-order valence-corrected chi connectivity index (χ4v) is 4.36. The van der Waals surface area contributed by atoms with Crippen molar-refractivity contribution in [3.8, 4) is 0 Å². The van der Waals surface area contributed by atoms with Crippen LogP contribution >= 0.6 is 0 Å². The molecule has 134 valence electrons. The van der Waals surface area contributed by atoms with Crippen molar-refractivity contribution in [3.63, 3.8) is 0 Å². The topological polar surface area (TPSA) is 49.6 Å². The van der Waals surface area contributed by atoms with E-state index in [1.165, 1.54) is 38.6 Å². The van der Waals surface area contributed by atoms with Gasteiger partial charge in [-0.25, -0.2) is 0 Å². The third-order valence-electron chi connectivity index (χ3n) is 6.31. The van der Waals surface area contributed by atoms with Crippen molar-refractivity contribution in [2.45, 2.75) is 65.2 Å². The number of hydrogen-bond acceptors (Lipinski definition) is 3. The van der Waals surface area contributed by atoms with Gasteiger partial charge in [0.05, 0.1) is 5.41 Å². The third kappa shape index (κ3) is 4.69. The Morgan fingerprint density at radius 2 is 1.70 bits per heavy atom. The van der Waals surface area contributed by atoms with E-state index in [4.69, 9.17) is 5.73 Å². The molecule has 2 rings (SSSR count). The number of nitrogens with two attached hydrogens (primary N) is 1. The van der Waals surface area contributed by atoms with Gasteiger partial charge in [-0.2, -0.15) is 0 Å². The van der Waals surface area contributed by atoms with Crippen molar-refractivity contribution in [2.24, 2.45) is 17.1 Å². The predicted molar refractivity (Wildman–Crippen MR) is 96.3 cm³/mol. The van der Waals surface area contributed by atoms with Crippen LogP contribution in [-0.4, -0.2) is 55.0 Å². The predicted octanol–water partition coefficient (Wildman–Crippen LogP) is 2.87. The Kier molecular flexibility index (Phi) is 7.35. The van der Waals surface area contributed by atoms with Crippen molar-refractivity contribution in [1.82, 2.24) is 9.80 Å². The van der Waals surface area contributed by atoms with Gasteiger partial charge in [0.25, 0.3) is 0 Å². The maximum Gasteiger partial charge on any atom is 0.230 e. The van der Waals surface area contributed by atoms with E-state index in [2.05, 4.69) is 23.6 Å². The highest BCUT2D eigenvalue weighted by Gasteiger charge is 2.37. The second kappa shape index (κ2) is 9.03. The van der Waals surface area contributed by atoms with Crippen LogP contribution in [0.4, 0.5) is 0 Å². The molecule has 0 atom stereocenters. The number of carbonyl (C=O) groups excluding carboxylic acids is 1. The summed E-state index contributed by atoms with van der Waals surface area (Å²) in [7, 11) is 0. The van der Waals surface area contributed by atoms with E-state index >= 15 is 0 Å². The average Bonchev–Trinajstić information content (AvgIpc) is 2.83. The molecule has 0 aromatic heterocycles. The maximum absolute atomic E-state index is 13.0. The highest BCUT2D eigenvalue weighted by molar-refractivity contribution is 5.83. The molecule has 0 radical (unpaired) electrons. The monoisotopic (exact) mass is 323 g/mol. The zero-order valence-electron chi connectivity index (χ0n) is 15.4. The normalized spacial score (nSPS) is 22.1. The van der Waals surface area contributed by atoms with E-state index in [0.717, 1.165) is 51.4 Å². The Labute approximate surface area is 142 Å². The molecule has 0 aromatic rings. The molecule has 0 aromatic carbocycles. The molecule has 1 saturated heterocycles. The lowest BCUT2D eigenvalue weighted by Crippen LogP contribution is -2.48. The molecular formula is C19H37N3O. The van der Waals surface area contributed by atoms with Crippen LogP contribution in [0, 0.1) is 11.3 Å². The molecule has 0 spiro atoms. The first-order chi connectivity index (χ1) is 11.1. The largest absolute Gasteiger partial charge is 0.341 e. The first-order valence-electron chi connectivity index (χ1n) is 9.87. The van der Waals surface area contributed by atoms with E-state index in [1.807, 2.05) is 0 Å². The summed E-state index contributed by atoms with van der Waals surface area (Å²) in [4.78, 5) is 17.7. The van der Waals surface area contributed by atoms with Crippen LogP contribution in [0.3, 0.4) is 0 Å². The SMILES string of the molecule is CCC(CC)(CN)C(=O)N1CCCN(CC2CCCCC2)CC1. The molecule has 2 fully saturated rings. The second-order valence-corrected chi connectivity index (χ2v) is 7.64. The average molecular weight is 324 g/mol. The molecule has 1 aliphatic heterocycles. The smallest absolute Gasteiger partial charge is 0.230 e. The van der Waals surface area contributed by atoms with Crippen molar-refractivity contribution in [2.75, 3.05) is 39.3 Å². The van der Waals surface area contributed by atoms with Gasteiger partial charge in [-0.3, -0.25) is 4.79 Å². The van der Waals surface area contributed by atoms with Crippen LogP contribution in [0.25, 0.3) is 0 Å². The van der Waals surface area contributed by atoms with Crippen LogP contribution in [0.15, 0.2) is 0 Å². The maximum atomic E-state index is 13.0. The van der Waals surface area contributed by atoms with Gasteiger partial charge in [0.2, 0.25) is 5.91 Å². The fraction of sp³-hybridized carbons (Fsp3) is 0.947. The molecule has 1 amide bonds. The Bertz CT molecular complexity index is 353. The third-order valence-corrected chi connectivity index (χ3v) is 6.31. The van der Waals surface area contributed by atoms with Gasteiger partial charge in [-0.1, -0.05) is 33.1 Å². The minimum atomic E-state index is -0.335. The van der Waals surface area contributed by atoms with Gasteiger partial charge >= 0.3 is 0 Å². The highest BCUT2D eigenvalue weighted by Crippen LogP contribution is 2.29. The van der Waals surface area contributed by atoms with E-state index < -0.39 is 0 Å². The zero-order valence-corrected chi connectivity index (χ0v) is 15.4. The minimum absolute atomic E-state index is 0.296. The van der Waals surface area contributed by atoms with Gasteiger partial charge in [-0.15, -0.1) is 0 Å². The van der Waals surface area contributed by atoms with Crippen molar-refractivity contribution >= 4 is 5.91 Å². The highest BCUT2D eigenvalue weighted by atomic mass is 16.2. The Balaban J connectivity index is 1.88. The number of carbonyl (C=O) groups is 1. The molecule has 2 N–H and O–H groups in total. The second-order valence-electron chi connectivity index (χ2n) is 7.64. The van der Waals surface area contributed by atoms with Gasteiger partial charge < -0.3 is 15.5 Å². The fourth-order valence-electron chi connectivity index (χ4n) is 4.36. The summed E-state index contributed by atoms with van der Waals surface area (Å²) < 4.78 is 0. The van der Waals surface area contributed by atoms with E-state index in [9.17, 15) is 4.79 Å². The van der Waals surface area contributed by atoms with Gasteiger partial charge in [-0.05, 0) is 44.6 Å². The Hall–Kier alpha value is -0.610. The van der Waals surface area contributed by atoms with Crippen LogP contribution in [0.2, 0.25) is 0 Å². The summed E-state index contributed by atoms with van der Waals surface area (Å²) in [5.41, 5.74) is 5.63. The first-order valence-corrected chi connectivity index (χ1v) is 9.87. The van der Waals surface area contributed by atoms with E-state index in [1.54, 1.807) is 0 Å². The van der Waals surface area contributed by atoms with E-state index in [-0.39, 0.29) is 5.41 Å². The van der Waals surface area contributed by atoms with Gasteiger partial charge in [0.15, 0.2) is 0 Å². The number of nitrogens with zero attached hydrogens (tertiary/aromatic N) is 2. The molecular weight excluding hydrogens is 286 g/mol. The summed E-state index contributed by atoms with van der Waals surface area (Å²) in [6.07, 6.45) is 9.86. The van der Waals surface area contributed by atoms with Crippen LogP contribution in [0.1, 0.15) is 65.2 Å². The molecule has 23 heavy (non-hydrogen) atoms. The molecule has 1 saturated carbocycles. The summed E-state index contributed by atoms with van der Waals surface area (Å²) in [6.45, 7) is 9.88. The standard InChI is InChI=1S/C19H37N3O/c1-3-19(4-2,16-20)18(23)22-12-8-11-21(13-14-22)15-17-9-6-5-7-10-17/h17H,3-16,20H2,1-2H3. The lowest BCUT2D eigenvalue weighted by atomic mass is 9.81. The number of amides is 1. The van der Waals surface area contributed by atoms with Crippen LogP contribution in [0.5, 0.6) is 0 Å². The molecule has 0 bridgehead atoms. The van der Waals surface area contributed by atoms with Crippen molar-refractivity contribution in [3.05, 3.63) is 0 Å². The summed E-state index contributed by atoms with van der Waals surface area (Å²) in [6, 6.07) is 0. The van der Waals surface area contributed by atoms with E-state index in [0.29, 0.717) is 12.5 Å². The van der Waals surface area contributed by atoms with Crippen LogP contribution < -0.4 is 5.73 Å². The molecule has 1 aliphatic carbocycles. The molecule has 1 heterocycles. The van der Waals surface area contributed by atoms with Gasteiger partial charge in [0.1, 0.15) is 0 Å². The Morgan fingerprint density at radius 1 is 1.00 bits per heavy atom. The first kappa shape index (κ1) is 18.7. The lowest BCUT2D eigenvalue weighted by molar-refractivity contribution is -0.142. The summed E-state index contributed by atoms with van der Waals surface area (Å²) >= 11 is 0. The lowest BCUT2D eigenvalue weighted by Gasteiger charge is -2.35. The quantitative estimate of drug-likeness (QED) is 0.818. The number of rotatable bonds is 6. The number of hydrogen-bond donors (Lipinski definition) is 1. The summed E-state index contributed by atoms with van der Waals surface area (Å²) in [5, 5.41) is 0. The minimum Gasteiger partial charge on any atom is -0.341 e.